The molecule has 0 saturated heterocycles. The third-order valence-corrected chi connectivity index (χ3v) is 5.69. The van der Waals surface area contributed by atoms with Gasteiger partial charge in [0, 0.05) is 27.2 Å². The molecule has 0 atom stereocenters. The van der Waals surface area contributed by atoms with Crippen LogP contribution in [0.3, 0.4) is 0 Å². The van der Waals surface area contributed by atoms with Crippen LogP contribution in [0.5, 0.6) is 0 Å². The Balaban J connectivity index is 1.80. The van der Waals surface area contributed by atoms with Gasteiger partial charge < -0.3 is 4.74 Å². The Morgan fingerprint density at radius 1 is 1.03 bits per heavy atom. The Kier molecular flexibility index (Phi) is 5.76. The second-order valence-electron chi connectivity index (χ2n) is 6.17. The second-order valence-corrected chi connectivity index (χ2v) is 8.06. The summed E-state index contributed by atoms with van der Waals surface area (Å²) in [5, 5.41) is 6.21. The summed E-state index contributed by atoms with van der Waals surface area (Å²) in [6.45, 7) is 0. The van der Waals surface area contributed by atoms with Crippen LogP contribution in [0.4, 0.5) is 0 Å². The summed E-state index contributed by atoms with van der Waals surface area (Å²) in [6, 6.07) is 16.4. The van der Waals surface area contributed by atoms with E-state index in [1.165, 1.54) is 7.11 Å². The average Bonchev–Trinajstić information content (AvgIpc) is 3.33. The van der Waals surface area contributed by atoms with Crippen molar-refractivity contribution in [1.29, 1.82) is 0 Å². The molecule has 0 spiro atoms. The highest BCUT2D eigenvalue weighted by Crippen LogP contribution is 2.33. The standard InChI is InChI=1S/C21H13Cl2N3O3S/c1-29-19(27)11-18-20(28)24-21(30-18)26-17(13-4-8-15(23)9-5-13)10-16(25-26)12-2-6-14(22)7-3-12/h2-11H,1H3/b18-11-. The fourth-order valence-electron chi connectivity index (χ4n) is 2.77. The predicted octanol–water partition coefficient (Wildman–Crippen LogP) is 5.06. The van der Waals surface area contributed by atoms with Gasteiger partial charge in [0.2, 0.25) is 0 Å². The summed E-state index contributed by atoms with van der Waals surface area (Å²) in [6.07, 6.45) is 1.12. The van der Waals surface area contributed by atoms with Gasteiger partial charge in [-0.3, -0.25) is 4.79 Å². The molecule has 1 aliphatic rings. The number of ether oxygens (including phenoxy) is 1. The average molecular weight is 458 g/mol. The van der Waals surface area contributed by atoms with Gasteiger partial charge in [-0.05, 0) is 42.1 Å². The number of methoxy groups -OCH3 is 1. The number of benzene rings is 2. The summed E-state index contributed by atoms with van der Waals surface area (Å²) >= 11 is 13.1. The first kappa shape index (κ1) is 20.4. The van der Waals surface area contributed by atoms with E-state index in [-0.39, 0.29) is 4.91 Å². The third kappa shape index (κ3) is 4.18. The molecule has 6 nitrogen and oxygen atoms in total. The van der Waals surface area contributed by atoms with Crippen molar-refractivity contribution >= 4 is 52.0 Å². The number of amides is 1. The minimum atomic E-state index is -0.623. The lowest BCUT2D eigenvalue weighted by Gasteiger charge is -2.06. The smallest absolute Gasteiger partial charge is 0.331 e. The maximum Gasteiger partial charge on any atom is 0.331 e. The molecule has 0 unspecified atom stereocenters. The van der Waals surface area contributed by atoms with Crippen molar-refractivity contribution in [3.05, 3.63) is 75.6 Å². The molecule has 2 heterocycles. The highest BCUT2D eigenvalue weighted by atomic mass is 35.5. The summed E-state index contributed by atoms with van der Waals surface area (Å²) in [5.74, 6) is -1.14. The van der Waals surface area contributed by atoms with Crippen LogP contribution in [0.2, 0.25) is 10.0 Å². The summed E-state index contributed by atoms with van der Waals surface area (Å²) in [7, 11) is 1.25. The molecule has 1 amide bonds. The molecule has 0 saturated carbocycles. The fraction of sp³-hybridized carbons (Fsp3) is 0.0476. The summed E-state index contributed by atoms with van der Waals surface area (Å²) < 4.78 is 6.18. The number of thioether (sulfide) groups is 1. The Bertz CT molecular complexity index is 1200. The summed E-state index contributed by atoms with van der Waals surface area (Å²) in [4.78, 5) is 28.0. The minimum Gasteiger partial charge on any atom is -0.466 e. The van der Waals surface area contributed by atoms with E-state index in [1.54, 1.807) is 28.9 Å². The predicted molar refractivity (Wildman–Crippen MR) is 119 cm³/mol. The van der Waals surface area contributed by atoms with Gasteiger partial charge in [0.15, 0.2) is 5.17 Å². The van der Waals surface area contributed by atoms with Gasteiger partial charge in [-0.1, -0.05) is 47.5 Å². The SMILES string of the molecule is COC(=O)/C=C1\SC(n2nc(-c3ccc(Cl)cc3)cc2-c2ccc(Cl)cc2)=NC1=O. The number of carbonyl (C=O) groups excluding carboxylic acids is 2. The Hall–Kier alpha value is -2.87. The van der Waals surface area contributed by atoms with Crippen molar-refractivity contribution in [2.45, 2.75) is 0 Å². The molecule has 0 N–H and O–H groups in total. The van der Waals surface area contributed by atoms with Crippen LogP contribution in [0.25, 0.3) is 22.5 Å². The zero-order valence-corrected chi connectivity index (χ0v) is 17.8. The van der Waals surface area contributed by atoms with Crippen molar-refractivity contribution in [3.8, 4) is 22.5 Å². The number of aromatic nitrogens is 2. The zero-order valence-electron chi connectivity index (χ0n) is 15.5. The molecule has 0 aliphatic carbocycles. The minimum absolute atomic E-state index is 0.169. The lowest BCUT2D eigenvalue weighted by Crippen LogP contribution is -2.09. The van der Waals surface area contributed by atoms with E-state index in [2.05, 4.69) is 14.8 Å². The van der Waals surface area contributed by atoms with Crippen LogP contribution in [0.1, 0.15) is 0 Å². The van der Waals surface area contributed by atoms with Crippen LogP contribution < -0.4 is 0 Å². The van der Waals surface area contributed by atoms with Gasteiger partial charge in [0.1, 0.15) is 0 Å². The van der Waals surface area contributed by atoms with Gasteiger partial charge in [-0.15, -0.1) is 0 Å². The monoisotopic (exact) mass is 457 g/mol. The van der Waals surface area contributed by atoms with Crippen molar-refractivity contribution in [1.82, 2.24) is 9.78 Å². The number of carbonyl (C=O) groups is 2. The first-order valence-corrected chi connectivity index (χ1v) is 10.2. The maximum atomic E-state index is 12.3. The topological polar surface area (TPSA) is 73.6 Å². The van der Waals surface area contributed by atoms with Gasteiger partial charge in [-0.2, -0.15) is 10.1 Å². The van der Waals surface area contributed by atoms with E-state index < -0.39 is 11.9 Å². The lowest BCUT2D eigenvalue weighted by atomic mass is 10.1. The second kappa shape index (κ2) is 8.47. The number of esters is 1. The highest BCUT2D eigenvalue weighted by molar-refractivity contribution is 8.18. The lowest BCUT2D eigenvalue weighted by molar-refractivity contribution is -0.135. The van der Waals surface area contributed by atoms with Crippen molar-refractivity contribution < 1.29 is 14.3 Å². The molecule has 2 aromatic carbocycles. The highest BCUT2D eigenvalue weighted by Gasteiger charge is 2.27. The fourth-order valence-corrected chi connectivity index (χ4v) is 3.86. The van der Waals surface area contributed by atoms with E-state index >= 15 is 0 Å². The van der Waals surface area contributed by atoms with E-state index in [0.29, 0.717) is 20.9 Å². The number of aliphatic imine (C=N–C) groups is 1. The first-order valence-electron chi connectivity index (χ1n) is 8.67. The van der Waals surface area contributed by atoms with Crippen LogP contribution in [-0.2, 0) is 14.3 Å². The van der Waals surface area contributed by atoms with E-state index in [9.17, 15) is 9.59 Å². The van der Waals surface area contributed by atoms with Gasteiger partial charge in [-0.25, -0.2) is 9.48 Å². The Morgan fingerprint density at radius 3 is 2.23 bits per heavy atom. The molecule has 150 valence electrons. The Labute approximate surface area is 186 Å². The number of hydrogen-bond donors (Lipinski definition) is 0. The van der Waals surface area contributed by atoms with Crippen molar-refractivity contribution in [2.24, 2.45) is 4.99 Å². The molecule has 3 aromatic rings. The van der Waals surface area contributed by atoms with Crippen LogP contribution in [0, 0.1) is 0 Å². The number of rotatable bonds is 3. The number of nitrogens with zero attached hydrogens (tertiary/aromatic N) is 3. The molecular formula is C21H13Cl2N3O3S. The maximum absolute atomic E-state index is 12.3. The molecule has 0 bridgehead atoms. The van der Waals surface area contributed by atoms with Crippen LogP contribution in [0.15, 0.2) is 70.6 Å². The van der Waals surface area contributed by atoms with Crippen LogP contribution >= 0.6 is 35.0 Å². The zero-order chi connectivity index (χ0) is 21.3. The first-order chi connectivity index (χ1) is 14.4. The molecule has 0 fully saturated rings. The largest absolute Gasteiger partial charge is 0.466 e. The third-order valence-electron chi connectivity index (χ3n) is 4.23. The van der Waals surface area contributed by atoms with E-state index in [0.717, 1.165) is 34.7 Å². The van der Waals surface area contributed by atoms with Crippen LogP contribution in [-0.4, -0.2) is 33.9 Å². The Morgan fingerprint density at radius 2 is 1.63 bits per heavy atom. The molecule has 4 rings (SSSR count). The molecular weight excluding hydrogens is 445 g/mol. The van der Waals surface area contributed by atoms with Gasteiger partial charge in [0.05, 0.1) is 23.4 Å². The normalized spacial score (nSPS) is 14.8. The van der Waals surface area contributed by atoms with Gasteiger partial charge in [0.25, 0.3) is 5.91 Å². The van der Waals surface area contributed by atoms with E-state index in [4.69, 9.17) is 23.2 Å². The van der Waals surface area contributed by atoms with Crippen molar-refractivity contribution in [2.75, 3.05) is 7.11 Å². The number of hydrogen-bond acceptors (Lipinski definition) is 5. The molecule has 30 heavy (non-hydrogen) atoms. The molecule has 1 aliphatic heterocycles. The van der Waals surface area contributed by atoms with Gasteiger partial charge >= 0.3 is 5.97 Å². The molecule has 1 aromatic heterocycles. The number of halogens is 2. The quantitative estimate of drug-likeness (QED) is 0.405. The summed E-state index contributed by atoms with van der Waals surface area (Å²) in [5.41, 5.74) is 3.09. The van der Waals surface area contributed by atoms with E-state index in [1.807, 2.05) is 30.3 Å². The molecule has 9 heteroatoms. The van der Waals surface area contributed by atoms with Crippen molar-refractivity contribution in [3.63, 3.8) is 0 Å². The molecule has 0 radical (unpaired) electrons.